The fourth-order valence-electron chi connectivity index (χ4n) is 0.442. The Morgan fingerprint density at radius 3 is 2.71 bits per heavy atom. The molecule has 0 atom stereocenters. The molecule has 1 aliphatic heterocycles. The molecule has 0 aliphatic carbocycles. The van der Waals surface area contributed by atoms with Crippen LogP contribution in [0.2, 0.25) is 0 Å². The topological polar surface area (TPSA) is 31.0 Å². The predicted octanol–water partition coefficient (Wildman–Crippen LogP) is -1.24. The normalized spacial score (nSPS) is 20.1. The highest BCUT2D eigenvalue weighted by atomic mass is 32.2. The van der Waals surface area contributed by atoms with Crippen LogP contribution in [0, 0.1) is 0 Å². The molecule has 1 heterocycles. The number of thioether (sulfide) groups is 1. The molecule has 0 saturated carbocycles. The van der Waals surface area contributed by atoms with Gasteiger partial charge in [-0.05, 0) is 11.8 Å². The Hall–Kier alpha value is -0.310. The van der Waals surface area contributed by atoms with E-state index in [1.165, 1.54) is 0 Å². The maximum Gasteiger partial charge on any atom is 0.396 e. The summed E-state index contributed by atoms with van der Waals surface area (Å²) in [5, 5.41) is 1.02. The van der Waals surface area contributed by atoms with Gasteiger partial charge in [0.15, 0.2) is 0 Å². The molecule has 38 valence electrons. The van der Waals surface area contributed by atoms with Gasteiger partial charge in [-0.1, -0.05) is 0 Å². The van der Waals surface area contributed by atoms with Gasteiger partial charge in [0.2, 0.25) is 5.04 Å². The van der Waals surface area contributed by atoms with E-state index >= 15 is 0 Å². The second-order valence-corrected chi connectivity index (χ2v) is 2.58. The van der Waals surface area contributed by atoms with Gasteiger partial charge >= 0.3 is 5.91 Å². The molecule has 0 fully saturated rings. The van der Waals surface area contributed by atoms with Crippen molar-refractivity contribution in [1.82, 2.24) is 0 Å². The second kappa shape index (κ2) is 1.66. The fourth-order valence-corrected chi connectivity index (χ4v) is 1.05. The smallest absolute Gasteiger partial charge is 0.219 e. The minimum Gasteiger partial charge on any atom is -0.219 e. The Morgan fingerprint density at radius 1 is 1.86 bits per heavy atom. The lowest BCUT2D eigenvalue weighted by atomic mass is 10.7. The van der Waals surface area contributed by atoms with Crippen LogP contribution >= 0.6 is 11.8 Å². The largest absolute Gasteiger partial charge is 0.396 e. The van der Waals surface area contributed by atoms with Gasteiger partial charge in [0, 0.05) is 6.92 Å². The van der Waals surface area contributed by atoms with Gasteiger partial charge in [-0.15, -0.1) is 0 Å². The Bertz CT molecular complexity index is 130. The molecule has 0 bridgehead atoms. The van der Waals surface area contributed by atoms with E-state index in [1.807, 2.05) is 6.92 Å². The summed E-state index contributed by atoms with van der Waals surface area (Å²) in [6.45, 7) is 1.90. The Balaban J connectivity index is 2.67. The maximum absolute atomic E-state index is 10.3. The quantitative estimate of drug-likeness (QED) is 0.429. The summed E-state index contributed by atoms with van der Waals surface area (Å²) in [6, 6.07) is 0. The summed E-state index contributed by atoms with van der Waals surface area (Å²) in [5.74, 6) is 0.730. The summed E-state index contributed by atoms with van der Waals surface area (Å²) in [5.41, 5.74) is 0. The third kappa shape index (κ3) is 1.03. The molecule has 0 aromatic heterocycles. The Morgan fingerprint density at radius 2 is 2.57 bits per heavy atom. The van der Waals surface area contributed by atoms with Crippen molar-refractivity contribution in [3.05, 3.63) is 0 Å². The zero-order valence-electron chi connectivity index (χ0n) is 4.02. The summed E-state index contributed by atoms with van der Waals surface area (Å²) in [7, 11) is 0. The average molecular weight is 116 g/mol. The van der Waals surface area contributed by atoms with Crippen molar-refractivity contribution in [3.8, 4) is 0 Å². The molecular formula is C4H6NOS+. The number of hydrogen-bond donors (Lipinski definition) is 1. The summed E-state index contributed by atoms with van der Waals surface area (Å²) < 4.78 is 0. The highest BCUT2D eigenvalue weighted by molar-refractivity contribution is 8.14. The van der Waals surface area contributed by atoms with Crippen molar-refractivity contribution in [3.63, 3.8) is 0 Å². The van der Waals surface area contributed by atoms with Crippen molar-refractivity contribution < 1.29 is 9.79 Å². The number of rotatable bonds is 0. The van der Waals surface area contributed by atoms with E-state index in [0.717, 1.165) is 5.04 Å². The molecule has 7 heavy (non-hydrogen) atoms. The average Bonchev–Trinajstić information content (AvgIpc) is 1.87. The molecule has 1 rings (SSSR count). The van der Waals surface area contributed by atoms with Gasteiger partial charge in [0.1, 0.15) is 5.75 Å². The zero-order chi connectivity index (χ0) is 5.28. The molecule has 0 spiro atoms. The minimum atomic E-state index is 0.127. The standard InChI is InChI=1S/C4H5NOS/c1-3-5-4(6)2-7-3/h2H2,1H3/p+1. The number of carbonyl (C=O) groups is 1. The van der Waals surface area contributed by atoms with Gasteiger partial charge in [-0.2, -0.15) is 4.99 Å². The molecule has 0 aromatic carbocycles. The van der Waals surface area contributed by atoms with E-state index in [4.69, 9.17) is 0 Å². The molecular weight excluding hydrogens is 110 g/mol. The molecule has 1 N–H and O–H groups in total. The first kappa shape index (κ1) is 4.84. The Kier molecular flexibility index (Phi) is 1.15. The molecule has 3 heteroatoms. The fraction of sp³-hybridized carbons (Fsp3) is 0.500. The van der Waals surface area contributed by atoms with E-state index in [9.17, 15) is 4.79 Å². The van der Waals surface area contributed by atoms with Crippen molar-refractivity contribution in [2.45, 2.75) is 6.92 Å². The van der Waals surface area contributed by atoms with Crippen LogP contribution in [0.25, 0.3) is 0 Å². The van der Waals surface area contributed by atoms with Crippen LogP contribution in [-0.2, 0) is 4.79 Å². The van der Waals surface area contributed by atoms with Crippen LogP contribution in [0.5, 0.6) is 0 Å². The molecule has 0 radical (unpaired) electrons. The summed E-state index contributed by atoms with van der Waals surface area (Å²) >= 11 is 1.56. The Labute approximate surface area is 46.0 Å². The van der Waals surface area contributed by atoms with E-state index in [2.05, 4.69) is 4.99 Å². The lowest BCUT2D eigenvalue weighted by Crippen LogP contribution is -2.73. The number of nitrogens with one attached hydrogen (secondary N) is 1. The maximum atomic E-state index is 10.3. The van der Waals surface area contributed by atoms with Gasteiger partial charge in [-0.3, -0.25) is 0 Å². The molecule has 0 aromatic rings. The third-order valence-electron chi connectivity index (χ3n) is 0.735. The van der Waals surface area contributed by atoms with Gasteiger partial charge in [0.05, 0.1) is 0 Å². The van der Waals surface area contributed by atoms with Crippen LogP contribution in [-0.4, -0.2) is 16.7 Å². The van der Waals surface area contributed by atoms with Crippen LogP contribution in [0.15, 0.2) is 0 Å². The molecule has 0 unspecified atom stereocenters. The van der Waals surface area contributed by atoms with Gasteiger partial charge < -0.3 is 0 Å². The van der Waals surface area contributed by atoms with E-state index in [1.54, 1.807) is 11.8 Å². The van der Waals surface area contributed by atoms with E-state index in [0.29, 0.717) is 5.75 Å². The molecule has 1 aliphatic rings. The molecule has 1 amide bonds. The van der Waals surface area contributed by atoms with Crippen molar-refractivity contribution in [1.29, 1.82) is 0 Å². The van der Waals surface area contributed by atoms with Crippen molar-refractivity contribution in [2.75, 3.05) is 5.75 Å². The first-order valence-corrected chi connectivity index (χ1v) is 3.04. The van der Waals surface area contributed by atoms with Crippen molar-refractivity contribution >= 4 is 22.7 Å². The lowest BCUT2D eigenvalue weighted by Gasteiger charge is -1.67. The number of carbonyl (C=O) groups excluding carboxylic acids is 1. The third-order valence-corrected chi connectivity index (χ3v) is 1.68. The monoisotopic (exact) mass is 116 g/mol. The first-order chi connectivity index (χ1) is 3.29. The number of amides is 1. The van der Waals surface area contributed by atoms with Crippen LogP contribution < -0.4 is 4.99 Å². The molecule has 2 nitrogen and oxygen atoms in total. The second-order valence-electron chi connectivity index (χ2n) is 1.39. The van der Waals surface area contributed by atoms with E-state index < -0.39 is 0 Å². The summed E-state index contributed by atoms with van der Waals surface area (Å²) in [6.07, 6.45) is 0. The van der Waals surface area contributed by atoms with Gasteiger partial charge in [-0.25, -0.2) is 4.79 Å². The van der Waals surface area contributed by atoms with Crippen LogP contribution in [0.3, 0.4) is 0 Å². The first-order valence-electron chi connectivity index (χ1n) is 2.05. The zero-order valence-corrected chi connectivity index (χ0v) is 4.84. The highest BCUT2D eigenvalue weighted by Crippen LogP contribution is 1.99. The van der Waals surface area contributed by atoms with Gasteiger partial charge in [0.25, 0.3) is 0 Å². The minimum absolute atomic E-state index is 0.127. The van der Waals surface area contributed by atoms with E-state index in [-0.39, 0.29) is 5.91 Å². The number of hydrogen-bond acceptors (Lipinski definition) is 2. The molecule has 0 saturated heterocycles. The predicted molar refractivity (Wildman–Crippen MR) is 29.1 cm³/mol. The van der Waals surface area contributed by atoms with Crippen LogP contribution in [0.4, 0.5) is 0 Å². The van der Waals surface area contributed by atoms with Crippen molar-refractivity contribution in [2.24, 2.45) is 0 Å². The van der Waals surface area contributed by atoms with Crippen LogP contribution in [0.1, 0.15) is 6.92 Å². The highest BCUT2D eigenvalue weighted by Gasteiger charge is 2.17. The SMILES string of the molecule is CC1=[NH+]C(=O)CS1. The summed E-state index contributed by atoms with van der Waals surface area (Å²) in [4.78, 5) is 13.0. The lowest BCUT2D eigenvalue weighted by molar-refractivity contribution is -0.369.